The average Bonchev–Trinajstić information content (AvgIpc) is 2.81. The lowest BCUT2D eigenvalue weighted by Gasteiger charge is -2.15. The summed E-state index contributed by atoms with van der Waals surface area (Å²) in [6, 6.07) is 17.2. The molecule has 10 heteroatoms. The van der Waals surface area contributed by atoms with Gasteiger partial charge in [0.1, 0.15) is 6.61 Å². The largest absolute Gasteiger partial charge is 0.490 e. The van der Waals surface area contributed by atoms with Crippen LogP contribution in [0, 0.1) is 0 Å². The molecule has 0 aliphatic carbocycles. The lowest BCUT2D eigenvalue weighted by atomic mass is 10.2. The molecule has 0 spiro atoms. The molecular formula is C24H20BrCl2N3O4. The molecule has 3 rings (SSSR count). The molecule has 0 saturated carbocycles. The summed E-state index contributed by atoms with van der Waals surface area (Å²) < 4.78 is 12.3. The van der Waals surface area contributed by atoms with Gasteiger partial charge in [-0.15, -0.1) is 0 Å². The predicted molar refractivity (Wildman–Crippen MR) is 137 cm³/mol. The third-order valence-electron chi connectivity index (χ3n) is 4.35. The SMILES string of the molecule is CCOc1cc(C=NNC(=O)C(=O)Nc2ccc(Cl)cc2)cc(Br)c1OCc1ccccc1Cl. The Balaban J connectivity index is 1.65. The van der Waals surface area contributed by atoms with Gasteiger partial charge >= 0.3 is 11.8 Å². The number of hydrogen-bond acceptors (Lipinski definition) is 5. The highest BCUT2D eigenvalue weighted by Crippen LogP contribution is 2.37. The lowest BCUT2D eigenvalue weighted by Crippen LogP contribution is -2.32. The van der Waals surface area contributed by atoms with Crippen LogP contribution in [0.4, 0.5) is 5.69 Å². The molecule has 34 heavy (non-hydrogen) atoms. The smallest absolute Gasteiger partial charge is 0.329 e. The van der Waals surface area contributed by atoms with E-state index in [0.717, 1.165) is 5.56 Å². The van der Waals surface area contributed by atoms with Gasteiger partial charge in [-0.05, 0) is 70.9 Å². The molecule has 2 amide bonds. The minimum absolute atomic E-state index is 0.255. The van der Waals surface area contributed by atoms with Crippen molar-refractivity contribution < 1.29 is 19.1 Å². The minimum Gasteiger partial charge on any atom is -0.490 e. The molecule has 7 nitrogen and oxygen atoms in total. The molecule has 0 unspecified atom stereocenters. The molecule has 0 heterocycles. The quantitative estimate of drug-likeness (QED) is 0.205. The van der Waals surface area contributed by atoms with Crippen LogP contribution in [-0.4, -0.2) is 24.6 Å². The highest BCUT2D eigenvalue weighted by molar-refractivity contribution is 9.10. The van der Waals surface area contributed by atoms with E-state index in [1.165, 1.54) is 6.21 Å². The zero-order chi connectivity index (χ0) is 24.5. The number of anilines is 1. The first-order valence-electron chi connectivity index (χ1n) is 10.1. The van der Waals surface area contributed by atoms with Gasteiger partial charge in [-0.3, -0.25) is 9.59 Å². The molecule has 0 atom stereocenters. The van der Waals surface area contributed by atoms with Gasteiger partial charge in [0.2, 0.25) is 0 Å². The standard InChI is InChI=1S/C24H20BrCl2N3O4/c1-2-33-21-12-15(11-19(25)22(21)34-14-16-5-3-4-6-20(16)27)13-28-30-24(32)23(31)29-18-9-7-17(26)8-10-18/h3-13H,2,14H2,1H3,(H,29,31)(H,30,32). The first-order chi connectivity index (χ1) is 16.4. The molecule has 3 aromatic carbocycles. The maximum atomic E-state index is 12.0. The van der Waals surface area contributed by atoms with Crippen molar-refractivity contribution in [3.63, 3.8) is 0 Å². The Hall–Kier alpha value is -3.07. The summed E-state index contributed by atoms with van der Waals surface area (Å²) in [5.74, 6) is -0.795. The van der Waals surface area contributed by atoms with E-state index in [-0.39, 0.29) is 6.61 Å². The van der Waals surface area contributed by atoms with Gasteiger partial charge in [0.15, 0.2) is 11.5 Å². The molecule has 0 aliphatic heterocycles. The molecule has 0 saturated heterocycles. The molecule has 0 bridgehead atoms. The van der Waals surface area contributed by atoms with Crippen molar-refractivity contribution in [1.29, 1.82) is 0 Å². The number of nitrogens with zero attached hydrogens (tertiary/aromatic N) is 1. The molecule has 0 radical (unpaired) electrons. The molecule has 2 N–H and O–H groups in total. The number of benzene rings is 3. The van der Waals surface area contributed by atoms with Crippen LogP contribution in [0.15, 0.2) is 70.2 Å². The fourth-order valence-electron chi connectivity index (χ4n) is 2.77. The van der Waals surface area contributed by atoms with Crippen LogP contribution in [0.2, 0.25) is 10.0 Å². The van der Waals surface area contributed by atoms with Crippen LogP contribution in [0.3, 0.4) is 0 Å². The summed E-state index contributed by atoms with van der Waals surface area (Å²) in [5, 5.41) is 7.43. The van der Waals surface area contributed by atoms with Gasteiger partial charge in [-0.25, -0.2) is 5.43 Å². The van der Waals surface area contributed by atoms with E-state index in [4.69, 9.17) is 32.7 Å². The molecule has 0 aromatic heterocycles. The van der Waals surface area contributed by atoms with Gasteiger partial charge in [-0.2, -0.15) is 5.10 Å². The Bertz CT molecular complexity index is 1200. The summed E-state index contributed by atoms with van der Waals surface area (Å²) >= 11 is 15.5. The van der Waals surface area contributed by atoms with Crippen LogP contribution in [0.1, 0.15) is 18.1 Å². The minimum atomic E-state index is -0.921. The Morgan fingerprint density at radius 2 is 1.76 bits per heavy atom. The second-order valence-electron chi connectivity index (χ2n) is 6.80. The molecular weight excluding hydrogens is 545 g/mol. The van der Waals surface area contributed by atoms with E-state index >= 15 is 0 Å². The maximum absolute atomic E-state index is 12.0. The highest BCUT2D eigenvalue weighted by atomic mass is 79.9. The molecule has 0 aliphatic rings. The Morgan fingerprint density at radius 1 is 1.03 bits per heavy atom. The van der Waals surface area contributed by atoms with E-state index in [0.29, 0.717) is 43.9 Å². The Labute approximate surface area is 215 Å². The van der Waals surface area contributed by atoms with Crippen LogP contribution >= 0.6 is 39.1 Å². The van der Waals surface area contributed by atoms with Crippen LogP contribution in [0.5, 0.6) is 11.5 Å². The van der Waals surface area contributed by atoms with Gasteiger partial charge in [-0.1, -0.05) is 41.4 Å². The fraction of sp³-hybridized carbons (Fsp3) is 0.125. The molecule has 0 fully saturated rings. The van der Waals surface area contributed by atoms with E-state index < -0.39 is 11.8 Å². The summed E-state index contributed by atoms with van der Waals surface area (Å²) in [5.41, 5.74) is 4.07. The number of amides is 2. The molecule has 176 valence electrons. The first-order valence-corrected chi connectivity index (χ1v) is 11.6. The van der Waals surface area contributed by atoms with Crippen molar-refractivity contribution in [2.24, 2.45) is 5.10 Å². The average molecular weight is 565 g/mol. The summed E-state index contributed by atoms with van der Waals surface area (Å²) in [6.45, 7) is 2.52. The van der Waals surface area contributed by atoms with E-state index in [9.17, 15) is 9.59 Å². The zero-order valence-corrected chi connectivity index (χ0v) is 21.1. The lowest BCUT2D eigenvalue weighted by molar-refractivity contribution is -0.136. The van der Waals surface area contributed by atoms with Crippen molar-refractivity contribution >= 4 is 62.8 Å². The highest BCUT2D eigenvalue weighted by Gasteiger charge is 2.14. The van der Waals surface area contributed by atoms with Gasteiger partial charge < -0.3 is 14.8 Å². The number of carbonyl (C=O) groups is 2. The maximum Gasteiger partial charge on any atom is 0.329 e. The number of halogens is 3. The van der Waals surface area contributed by atoms with Crippen LogP contribution < -0.4 is 20.2 Å². The monoisotopic (exact) mass is 563 g/mol. The number of carbonyl (C=O) groups excluding carboxylic acids is 2. The van der Waals surface area contributed by atoms with Gasteiger partial charge in [0.25, 0.3) is 0 Å². The van der Waals surface area contributed by atoms with E-state index in [1.54, 1.807) is 42.5 Å². The van der Waals surface area contributed by atoms with Crippen molar-refractivity contribution in [2.75, 3.05) is 11.9 Å². The fourth-order valence-corrected chi connectivity index (χ4v) is 3.66. The Kier molecular flexibility index (Phi) is 9.33. The third-order valence-corrected chi connectivity index (χ3v) is 5.56. The van der Waals surface area contributed by atoms with Gasteiger partial charge in [0.05, 0.1) is 17.3 Å². The molecule has 3 aromatic rings. The van der Waals surface area contributed by atoms with Crippen molar-refractivity contribution in [3.8, 4) is 11.5 Å². The van der Waals surface area contributed by atoms with Crippen molar-refractivity contribution in [3.05, 3.63) is 86.3 Å². The normalized spacial score (nSPS) is 10.7. The van der Waals surface area contributed by atoms with Crippen molar-refractivity contribution in [2.45, 2.75) is 13.5 Å². The second kappa shape index (κ2) is 12.4. The first kappa shape index (κ1) is 25.6. The topological polar surface area (TPSA) is 89.0 Å². The predicted octanol–water partition coefficient (Wildman–Crippen LogP) is 5.82. The number of nitrogens with one attached hydrogen (secondary N) is 2. The number of rotatable bonds is 8. The third kappa shape index (κ3) is 7.21. The Morgan fingerprint density at radius 3 is 2.47 bits per heavy atom. The summed E-state index contributed by atoms with van der Waals surface area (Å²) in [6.07, 6.45) is 1.39. The summed E-state index contributed by atoms with van der Waals surface area (Å²) in [7, 11) is 0. The van der Waals surface area contributed by atoms with E-state index in [1.807, 2.05) is 25.1 Å². The number of hydrogen-bond donors (Lipinski definition) is 2. The van der Waals surface area contributed by atoms with E-state index in [2.05, 4.69) is 31.8 Å². The summed E-state index contributed by atoms with van der Waals surface area (Å²) in [4.78, 5) is 24.0. The van der Waals surface area contributed by atoms with Gasteiger partial charge in [0, 0.05) is 21.3 Å². The zero-order valence-electron chi connectivity index (χ0n) is 18.0. The van der Waals surface area contributed by atoms with Crippen LogP contribution in [-0.2, 0) is 16.2 Å². The number of hydrazone groups is 1. The van der Waals surface area contributed by atoms with Crippen LogP contribution in [0.25, 0.3) is 0 Å². The van der Waals surface area contributed by atoms with Crippen molar-refractivity contribution in [1.82, 2.24) is 5.43 Å². The second-order valence-corrected chi connectivity index (χ2v) is 8.50. The number of ether oxygens (including phenoxy) is 2.